The molecular weight excluding hydrogens is 388 g/mol. The molecule has 1 aromatic carbocycles. The molecule has 0 radical (unpaired) electrons. The van der Waals surface area contributed by atoms with Gasteiger partial charge in [-0.05, 0) is 29.8 Å². The summed E-state index contributed by atoms with van der Waals surface area (Å²) >= 11 is 6.40. The van der Waals surface area contributed by atoms with Crippen LogP contribution in [0.2, 0.25) is 5.02 Å². The maximum atomic E-state index is 6.40. The molecule has 5 rings (SSSR count). The van der Waals surface area contributed by atoms with Gasteiger partial charge in [0.2, 0.25) is 5.95 Å². The summed E-state index contributed by atoms with van der Waals surface area (Å²) in [4.78, 5) is 13.4. The van der Waals surface area contributed by atoms with E-state index in [0.717, 1.165) is 35.9 Å². The number of nitrogens with zero attached hydrogens (tertiary/aromatic N) is 4. The molecule has 29 heavy (non-hydrogen) atoms. The third-order valence-electron chi connectivity index (χ3n) is 5.13. The van der Waals surface area contributed by atoms with Gasteiger partial charge in [0.05, 0.1) is 35.9 Å². The van der Waals surface area contributed by atoms with Gasteiger partial charge >= 0.3 is 0 Å². The zero-order valence-electron chi connectivity index (χ0n) is 15.8. The summed E-state index contributed by atoms with van der Waals surface area (Å²) in [6, 6.07) is 12.0. The number of nitrogens with one attached hydrogen (secondary N) is 2. The molecule has 2 N–H and O–H groups in total. The summed E-state index contributed by atoms with van der Waals surface area (Å²) in [7, 11) is 1.66. The van der Waals surface area contributed by atoms with Crippen LogP contribution in [-0.4, -0.2) is 39.6 Å². The molecule has 1 saturated heterocycles. The summed E-state index contributed by atoms with van der Waals surface area (Å²) in [5, 5.41) is 7.00. The van der Waals surface area contributed by atoms with Crippen LogP contribution >= 0.6 is 11.6 Å². The van der Waals surface area contributed by atoms with Gasteiger partial charge < -0.3 is 15.4 Å². The summed E-state index contributed by atoms with van der Waals surface area (Å²) < 4.78 is 7.53. The second-order valence-corrected chi connectivity index (χ2v) is 7.31. The minimum absolute atomic E-state index is 0.437. The molecule has 0 atom stereocenters. The van der Waals surface area contributed by atoms with Crippen molar-refractivity contribution in [3.05, 3.63) is 65.6 Å². The molecule has 1 fully saturated rings. The molecule has 0 amide bonds. The molecule has 8 heteroatoms. The topological polar surface area (TPSA) is 76.4 Å². The predicted octanol–water partition coefficient (Wildman–Crippen LogP) is 3.88. The second-order valence-electron chi connectivity index (χ2n) is 6.90. The minimum Gasteiger partial charge on any atom is -0.495 e. The van der Waals surface area contributed by atoms with Gasteiger partial charge in [-0.15, -0.1) is 0 Å². The first-order chi connectivity index (χ1) is 14.2. The van der Waals surface area contributed by atoms with Crippen molar-refractivity contribution in [1.29, 1.82) is 0 Å². The number of methoxy groups -OCH3 is 1. The quantitative estimate of drug-likeness (QED) is 0.523. The predicted molar refractivity (Wildman–Crippen MR) is 113 cm³/mol. The van der Waals surface area contributed by atoms with E-state index < -0.39 is 0 Å². The highest BCUT2D eigenvalue weighted by atomic mass is 35.5. The van der Waals surface area contributed by atoms with Crippen molar-refractivity contribution in [2.75, 3.05) is 25.5 Å². The van der Waals surface area contributed by atoms with Crippen molar-refractivity contribution in [2.24, 2.45) is 0 Å². The van der Waals surface area contributed by atoms with Crippen molar-refractivity contribution in [3.63, 3.8) is 0 Å². The first-order valence-electron chi connectivity index (χ1n) is 9.33. The molecule has 146 valence electrons. The Morgan fingerprint density at radius 1 is 1.17 bits per heavy atom. The first kappa shape index (κ1) is 17.9. The van der Waals surface area contributed by atoms with E-state index in [2.05, 4.69) is 37.7 Å². The SMILES string of the molecule is COc1cc(C2CNC2)ccc1Nc1ncc(Cl)c(-c2cnc3ccccn23)n1. The van der Waals surface area contributed by atoms with Crippen molar-refractivity contribution >= 4 is 28.9 Å². The average molecular weight is 407 g/mol. The molecule has 0 spiro atoms. The monoisotopic (exact) mass is 406 g/mol. The number of rotatable bonds is 5. The van der Waals surface area contributed by atoms with Crippen LogP contribution in [0.3, 0.4) is 0 Å². The Labute approximate surface area is 172 Å². The van der Waals surface area contributed by atoms with Gasteiger partial charge in [0.15, 0.2) is 0 Å². The van der Waals surface area contributed by atoms with Gasteiger partial charge in [-0.25, -0.2) is 15.0 Å². The summed E-state index contributed by atoms with van der Waals surface area (Å²) in [6.45, 7) is 2.00. The molecule has 0 unspecified atom stereocenters. The maximum Gasteiger partial charge on any atom is 0.227 e. The zero-order chi connectivity index (χ0) is 19.8. The van der Waals surface area contributed by atoms with Gasteiger partial charge in [-0.2, -0.15) is 0 Å². The smallest absolute Gasteiger partial charge is 0.227 e. The van der Waals surface area contributed by atoms with E-state index in [0.29, 0.717) is 22.6 Å². The molecule has 0 bridgehead atoms. The fraction of sp³-hybridized carbons (Fsp3) is 0.190. The number of anilines is 2. The largest absolute Gasteiger partial charge is 0.495 e. The number of benzene rings is 1. The molecule has 4 heterocycles. The lowest BCUT2D eigenvalue weighted by molar-refractivity contribution is 0.411. The normalized spacial score (nSPS) is 14.0. The Bertz CT molecular complexity index is 1190. The number of halogens is 1. The van der Waals surface area contributed by atoms with E-state index >= 15 is 0 Å². The van der Waals surface area contributed by atoms with Crippen LogP contribution in [0.15, 0.2) is 55.0 Å². The highest BCUT2D eigenvalue weighted by Gasteiger charge is 2.20. The lowest BCUT2D eigenvalue weighted by atomic mass is 9.93. The average Bonchev–Trinajstić information content (AvgIpc) is 3.13. The zero-order valence-corrected chi connectivity index (χ0v) is 16.5. The number of fused-ring (bicyclic) bond motifs is 1. The third kappa shape index (κ3) is 3.28. The fourth-order valence-electron chi connectivity index (χ4n) is 3.42. The van der Waals surface area contributed by atoms with Crippen LogP contribution in [-0.2, 0) is 0 Å². The van der Waals surface area contributed by atoms with Gasteiger partial charge in [0.1, 0.15) is 17.1 Å². The van der Waals surface area contributed by atoms with E-state index in [4.69, 9.17) is 16.3 Å². The van der Waals surface area contributed by atoms with Gasteiger partial charge in [-0.3, -0.25) is 4.40 Å². The fourth-order valence-corrected chi connectivity index (χ4v) is 3.61. The van der Waals surface area contributed by atoms with Crippen molar-refractivity contribution in [1.82, 2.24) is 24.7 Å². The number of pyridine rings is 1. The maximum absolute atomic E-state index is 6.40. The van der Waals surface area contributed by atoms with Gasteiger partial charge in [0.25, 0.3) is 0 Å². The van der Waals surface area contributed by atoms with Crippen molar-refractivity contribution < 1.29 is 4.74 Å². The van der Waals surface area contributed by atoms with Crippen molar-refractivity contribution in [3.8, 4) is 17.1 Å². The number of aromatic nitrogens is 4. The standard InChI is InChI=1S/C21H19ClN6O/c1-29-18-8-13(14-9-23-10-14)5-6-16(18)26-21-25-11-15(22)20(27-21)17-12-24-19-4-2-3-7-28(17)19/h2-8,11-12,14,23H,9-10H2,1H3,(H,25,26,27). The van der Waals surface area contributed by atoms with Crippen LogP contribution < -0.4 is 15.4 Å². The Balaban J connectivity index is 1.49. The molecule has 1 aliphatic heterocycles. The first-order valence-corrected chi connectivity index (χ1v) is 9.71. The van der Waals surface area contributed by atoms with Crippen LogP contribution in [0.1, 0.15) is 11.5 Å². The van der Waals surface area contributed by atoms with E-state index in [9.17, 15) is 0 Å². The minimum atomic E-state index is 0.437. The lowest BCUT2D eigenvalue weighted by Crippen LogP contribution is -2.39. The van der Waals surface area contributed by atoms with Crippen LogP contribution in [0.25, 0.3) is 17.0 Å². The Morgan fingerprint density at radius 2 is 2.07 bits per heavy atom. The summed E-state index contributed by atoms with van der Waals surface area (Å²) in [6.07, 6.45) is 5.28. The molecule has 3 aromatic heterocycles. The number of hydrogen-bond donors (Lipinski definition) is 2. The molecule has 4 aromatic rings. The summed E-state index contributed by atoms with van der Waals surface area (Å²) in [5.74, 6) is 1.72. The van der Waals surface area contributed by atoms with E-state index in [-0.39, 0.29) is 0 Å². The van der Waals surface area contributed by atoms with E-state index in [1.54, 1.807) is 19.5 Å². The van der Waals surface area contributed by atoms with E-state index in [1.165, 1.54) is 5.56 Å². The Kier molecular flexibility index (Phi) is 4.54. The van der Waals surface area contributed by atoms with E-state index in [1.807, 2.05) is 34.9 Å². The van der Waals surface area contributed by atoms with Gasteiger partial charge in [0, 0.05) is 25.2 Å². The van der Waals surface area contributed by atoms with Crippen LogP contribution in [0.5, 0.6) is 5.75 Å². The third-order valence-corrected chi connectivity index (χ3v) is 5.41. The highest BCUT2D eigenvalue weighted by Crippen LogP contribution is 2.33. The number of hydrogen-bond acceptors (Lipinski definition) is 6. The highest BCUT2D eigenvalue weighted by molar-refractivity contribution is 6.32. The molecule has 7 nitrogen and oxygen atoms in total. The molecule has 0 saturated carbocycles. The van der Waals surface area contributed by atoms with Gasteiger partial charge in [-0.1, -0.05) is 23.7 Å². The van der Waals surface area contributed by atoms with Crippen molar-refractivity contribution in [2.45, 2.75) is 5.92 Å². The molecule has 0 aliphatic carbocycles. The van der Waals surface area contributed by atoms with Crippen LogP contribution in [0.4, 0.5) is 11.6 Å². The molecular formula is C21H19ClN6O. The summed E-state index contributed by atoms with van der Waals surface area (Å²) in [5.41, 5.74) is 4.30. The second kappa shape index (κ2) is 7.35. The molecule has 1 aliphatic rings. The Hall–Kier alpha value is -3.16. The number of imidazole rings is 1. The van der Waals surface area contributed by atoms with Crippen LogP contribution in [0, 0.1) is 0 Å². The number of ether oxygens (including phenoxy) is 1. The lowest BCUT2D eigenvalue weighted by Gasteiger charge is -2.28. The Morgan fingerprint density at radius 3 is 2.86 bits per heavy atom.